The van der Waals surface area contributed by atoms with Gasteiger partial charge < -0.3 is 16.0 Å². The highest BCUT2D eigenvalue weighted by Gasteiger charge is 2.11. The summed E-state index contributed by atoms with van der Waals surface area (Å²) in [5.74, 6) is -3.10. The van der Waals surface area contributed by atoms with Gasteiger partial charge in [0.05, 0.1) is 6.33 Å². The Morgan fingerprint density at radius 1 is 1.09 bits per heavy atom. The SMILES string of the molecule is C=C(/N=C(\C=C/F)C(=O)NCCc1ccc(NS(=O)(=O)CNC)cc1)Nc1ccc(F)c(F)c1. The number of nitrogens with one attached hydrogen (secondary N) is 4. The summed E-state index contributed by atoms with van der Waals surface area (Å²) in [7, 11) is -1.97. The summed E-state index contributed by atoms with van der Waals surface area (Å²) in [6, 6.07) is 9.64. The molecule has 2 rings (SSSR count). The van der Waals surface area contributed by atoms with Gasteiger partial charge in [-0.25, -0.2) is 26.6 Å². The fourth-order valence-electron chi connectivity index (χ4n) is 2.69. The van der Waals surface area contributed by atoms with Crippen LogP contribution in [-0.4, -0.2) is 39.5 Å². The van der Waals surface area contributed by atoms with Crippen LogP contribution in [0.25, 0.3) is 0 Å². The zero-order chi connectivity index (χ0) is 25.1. The molecule has 0 aliphatic rings. The van der Waals surface area contributed by atoms with Gasteiger partial charge in [-0.15, -0.1) is 0 Å². The summed E-state index contributed by atoms with van der Waals surface area (Å²) in [5.41, 5.74) is 1.07. The summed E-state index contributed by atoms with van der Waals surface area (Å²) < 4.78 is 65.0. The lowest BCUT2D eigenvalue weighted by atomic mass is 10.1. The van der Waals surface area contributed by atoms with Gasteiger partial charge in [-0.2, -0.15) is 0 Å². The first-order chi connectivity index (χ1) is 16.1. The molecule has 0 aromatic heterocycles. The normalized spacial score (nSPS) is 11.9. The van der Waals surface area contributed by atoms with Crippen LogP contribution in [0.5, 0.6) is 0 Å². The van der Waals surface area contributed by atoms with Gasteiger partial charge in [0.1, 0.15) is 17.4 Å². The summed E-state index contributed by atoms with van der Waals surface area (Å²) in [6.45, 7) is 3.76. The number of carbonyl (C=O) groups is 1. The molecule has 0 spiro atoms. The molecule has 0 aliphatic carbocycles. The van der Waals surface area contributed by atoms with Crippen LogP contribution in [0.2, 0.25) is 0 Å². The number of hydrogen-bond acceptors (Lipinski definition) is 6. The lowest BCUT2D eigenvalue weighted by molar-refractivity contribution is -0.114. The Balaban J connectivity index is 1.93. The van der Waals surface area contributed by atoms with Crippen LogP contribution in [-0.2, 0) is 21.2 Å². The maximum Gasteiger partial charge on any atom is 0.270 e. The van der Waals surface area contributed by atoms with E-state index in [0.717, 1.165) is 23.8 Å². The van der Waals surface area contributed by atoms with Crippen molar-refractivity contribution in [2.75, 3.05) is 29.5 Å². The zero-order valence-electron chi connectivity index (χ0n) is 18.2. The van der Waals surface area contributed by atoms with E-state index in [1.807, 2.05) is 0 Å². The minimum Gasteiger partial charge on any atom is -0.350 e. The Morgan fingerprint density at radius 3 is 2.38 bits per heavy atom. The molecule has 2 aromatic rings. The third-order valence-corrected chi connectivity index (χ3v) is 5.39. The van der Waals surface area contributed by atoms with E-state index in [0.29, 0.717) is 12.1 Å². The molecule has 0 heterocycles. The van der Waals surface area contributed by atoms with Crippen molar-refractivity contribution in [1.82, 2.24) is 10.6 Å². The smallest absolute Gasteiger partial charge is 0.270 e. The summed E-state index contributed by atoms with van der Waals surface area (Å²) in [5, 5.41) is 7.73. The average molecular weight is 496 g/mol. The van der Waals surface area contributed by atoms with E-state index in [1.165, 1.54) is 13.1 Å². The summed E-state index contributed by atoms with van der Waals surface area (Å²) in [6.07, 6.45) is 1.38. The van der Waals surface area contributed by atoms with Gasteiger partial charge >= 0.3 is 0 Å². The molecule has 0 unspecified atom stereocenters. The van der Waals surface area contributed by atoms with E-state index in [9.17, 15) is 26.4 Å². The number of carbonyl (C=O) groups excluding carboxylic acids is 1. The number of aliphatic imine (C=N–C) groups is 1. The van der Waals surface area contributed by atoms with E-state index in [2.05, 4.69) is 32.2 Å². The monoisotopic (exact) mass is 495 g/mol. The molecule has 4 N–H and O–H groups in total. The van der Waals surface area contributed by atoms with Gasteiger partial charge in [-0.05, 0) is 49.4 Å². The average Bonchev–Trinajstić information content (AvgIpc) is 2.77. The molecule has 0 atom stereocenters. The molecule has 0 fully saturated rings. The van der Waals surface area contributed by atoms with Crippen molar-refractivity contribution in [2.24, 2.45) is 4.99 Å². The number of amides is 1. The van der Waals surface area contributed by atoms with Crippen molar-refractivity contribution in [3.8, 4) is 0 Å². The minimum atomic E-state index is -3.49. The number of sulfonamides is 1. The first-order valence-electron chi connectivity index (χ1n) is 9.92. The van der Waals surface area contributed by atoms with E-state index in [1.54, 1.807) is 24.3 Å². The first-order valence-corrected chi connectivity index (χ1v) is 11.6. The molecule has 0 saturated carbocycles. The molecule has 0 radical (unpaired) electrons. The van der Waals surface area contributed by atoms with Gasteiger partial charge in [0.2, 0.25) is 10.0 Å². The van der Waals surface area contributed by atoms with Gasteiger partial charge in [0, 0.05) is 24.0 Å². The Morgan fingerprint density at radius 2 is 1.76 bits per heavy atom. The van der Waals surface area contributed by atoms with Gasteiger partial charge in [0.25, 0.3) is 5.91 Å². The van der Waals surface area contributed by atoms with Crippen LogP contribution in [0.4, 0.5) is 24.5 Å². The quantitative estimate of drug-likeness (QED) is 0.338. The molecule has 0 saturated heterocycles. The molecule has 2 aromatic carbocycles. The van der Waals surface area contributed by atoms with Crippen LogP contribution in [0.1, 0.15) is 5.56 Å². The molecule has 182 valence electrons. The summed E-state index contributed by atoms with van der Waals surface area (Å²) >= 11 is 0. The van der Waals surface area contributed by atoms with Crippen LogP contribution in [0, 0.1) is 11.6 Å². The summed E-state index contributed by atoms with van der Waals surface area (Å²) in [4.78, 5) is 16.2. The maximum atomic E-state index is 13.3. The predicted octanol–water partition coefficient (Wildman–Crippen LogP) is 3.05. The second-order valence-corrected chi connectivity index (χ2v) is 8.63. The molecule has 0 bridgehead atoms. The van der Waals surface area contributed by atoms with Gasteiger partial charge in [0.15, 0.2) is 11.6 Å². The molecular formula is C22H24F3N5O3S. The van der Waals surface area contributed by atoms with Gasteiger partial charge in [-0.3, -0.25) is 9.52 Å². The molecule has 0 aliphatic heterocycles. The second kappa shape index (κ2) is 12.6. The zero-order valence-corrected chi connectivity index (χ0v) is 19.1. The van der Waals surface area contributed by atoms with E-state index < -0.39 is 27.6 Å². The number of halogens is 3. The third kappa shape index (κ3) is 8.71. The van der Waals surface area contributed by atoms with Crippen LogP contribution in [0.15, 0.2) is 72.3 Å². The maximum absolute atomic E-state index is 13.3. The lowest BCUT2D eigenvalue weighted by Gasteiger charge is -2.10. The Labute approximate surface area is 195 Å². The van der Waals surface area contributed by atoms with Crippen molar-refractivity contribution in [3.63, 3.8) is 0 Å². The number of anilines is 2. The Bertz CT molecular complexity index is 1180. The molecule has 1 amide bonds. The molecular weight excluding hydrogens is 471 g/mol. The number of rotatable bonds is 12. The highest BCUT2D eigenvalue weighted by molar-refractivity contribution is 7.92. The highest BCUT2D eigenvalue weighted by atomic mass is 32.2. The molecule has 34 heavy (non-hydrogen) atoms. The first kappa shape index (κ1) is 26.6. The van der Waals surface area contributed by atoms with Crippen molar-refractivity contribution < 1.29 is 26.4 Å². The minimum absolute atomic E-state index is 0.0921. The number of benzene rings is 2. The van der Waals surface area contributed by atoms with Crippen LogP contribution < -0.4 is 20.7 Å². The van der Waals surface area contributed by atoms with Crippen molar-refractivity contribution >= 4 is 33.0 Å². The van der Waals surface area contributed by atoms with E-state index in [4.69, 9.17) is 0 Å². The Hall–Kier alpha value is -3.64. The largest absolute Gasteiger partial charge is 0.350 e. The van der Waals surface area contributed by atoms with Gasteiger partial charge in [-0.1, -0.05) is 18.7 Å². The standard InChI is InChI=1S/C22H24F3N5O3S/c1-15(28-18-7-8-19(24)20(25)13-18)29-21(9-11-23)22(31)27-12-10-16-3-5-17(6-4-16)30-34(32,33)14-26-2/h3-9,11,13,26,28,30H,1,10,12,14H2,2H3,(H,27,31)/b11-9-,29-21+. The van der Waals surface area contributed by atoms with E-state index >= 15 is 0 Å². The highest BCUT2D eigenvalue weighted by Crippen LogP contribution is 2.15. The van der Waals surface area contributed by atoms with Crippen LogP contribution in [0.3, 0.4) is 0 Å². The van der Waals surface area contributed by atoms with Crippen LogP contribution >= 0.6 is 0 Å². The van der Waals surface area contributed by atoms with E-state index in [-0.39, 0.29) is 36.0 Å². The second-order valence-electron chi connectivity index (χ2n) is 6.91. The van der Waals surface area contributed by atoms with Crippen molar-refractivity contribution in [1.29, 1.82) is 0 Å². The third-order valence-electron chi connectivity index (χ3n) is 4.18. The predicted molar refractivity (Wildman–Crippen MR) is 126 cm³/mol. The fourth-order valence-corrected chi connectivity index (χ4v) is 3.64. The fraction of sp³-hybridized carbons (Fsp3) is 0.182. The topological polar surface area (TPSA) is 112 Å². The lowest BCUT2D eigenvalue weighted by Crippen LogP contribution is -2.32. The molecule has 8 nitrogen and oxygen atoms in total. The Kier molecular flexibility index (Phi) is 9.83. The number of nitrogens with zero attached hydrogens (tertiary/aromatic N) is 1. The van der Waals surface area contributed by atoms with Crippen molar-refractivity contribution in [2.45, 2.75) is 6.42 Å². The molecule has 12 heteroatoms. The van der Waals surface area contributed by atoms with Crippen molar-refractivity contribution in [3.05, 3.63) is 84.5 Å². The number of hydrogen-bond donors (Lipinski definition) is 4.